The van der Waals surface area contributed by atoms with Crippen LogP contribution in [-0.4, -0.2) is 0 Å². The lowest BCUT2D eigenvalue weighted by atomic mass is 9.88. The Kier molecular flexibility index (Phi) is 65.1. The third-order valence-electron chi connectivity index (χ3n) is 17.3. The smallest absolute Gasteiger partial charge is 0.0414 e. The SMILES string of the molecule is CCCCCCCCCCCCCCCCCCCCCCCC(CCCCCCCCCCCCCCCCCCCCC)CCCCC(C)CCCCCCCCCCCCCCCCCCC. The lowest BCUT2D eigenvalue weighted by molar-refractivity contribution is 0.355. The Labute approximate surface area is 448 Å². The molecule has 0 amide bonds. The molecule has 0 heterocycles. The standard InChI is InChI=1S/C70H142/c1-5-8-11-14-17-20-23-26-29-32-34-35-37-40-43-46-49-52-55-58-61-67-70(66-60-57-54-51-48-45-42-39-36-33-30-27-24-21-18-15-12-9-6-2)68-63-62-65-69(4)64-59-56-53-50-47-44-41-38-31-28-25-22-19-16-13-10-7-3/h69-70H,5-68H2,1-4H3. The second-order valence-electron chi connectivity index (χ2n) is 24.7. The Balaban J connectivity index is 4.06. The first-order chi connectivity index (χ1) is 34.7. The summed E-state index contributed by atoms with van der Waals surface area (Å²) < 4.78 is 0. The second-order valence-corrected chi connectivity index (χ2v) is 24.7. The van der Waals surface area contributed by atoms with Crippen molar-refractivity contribution in [1.29, 1.82) is 0 Å². The van der Waals surface area contributed by atoms with Gasteiger partial charge >= 0.3 is 0 Å². The highest BCUT2D eigenvalue weighted by Gasteiger charge is 2.10. The summed E-state index contributed by atoms with van der Waals surface area (Å²) in [7, 11) is 0. The molecule has 0 radical (unpaired) electrons. The highest BCUT2D eigenvalue weighted by molar-refractivity contribution is 4.64. The van der Waals surface area contributed by atoms with Gasteiger partial charge < -0.3 is 0 Å². The zero-order valence-electron chi connectivity index (χ0n) is 50.4. The summed E-state index contributed by atoms with van der Waals surface area (Å²) >= 11 is 0. The Morgan fingerprint density at radius 3 is 0.429 bits per heavy atom. The maximum Gasteiger partial charge on any atom is -0.0414 e. The fourth-order valence-corrected chi connectivity index (χ4v) is 12.1. The van der Waals surface area contributed by atoms with Crippen LogP contribution in [0.15, 0.2) is 0 Å². The highest BCUT2D eigenvalue weighted by atomic mass is 14.2. The van der Waals surface area contributed by atoms with Crippen LogP contribution >= 0.6 is 0 Å². The van der Waals surface area contributed by atoms with Crippen molar-refractivity contribution in [1.82, 2.24) is 0 Å². The van der Waals surface area contributed by atoms with E-state index in [0.29, 0.717) is 0 Å². The summed E-state index contributed by atoms with van der Waals surface area (Å²) in [5, 5.41) is 0. The van der Waals surface area contributed by atoms with Crippen LogP contribution in [0.4, 0.5) is 0 Å². The van der Waals surface area contributed by atoms with Crippen LogP contribution in [0, 0.1) is 11.8 Å². The normalized spacial score (nSPS) is 12.7. The monoisotopic (exact) mass is 983 g/mol. The molecule has 0 aromatic heterocycles. The Morgan fingerprint density at radius 1 is 0.143 bits per heavy atom. The van der Waals surface area contributed by atoms with E-state index in [1.165, 1.54) is 411 Å². The minimum Gasteiger partial charge on any atom is -0.0654 e. The Bertz CT molecular complexity index is 858. The minimum atomic E-state index is 0.948. The molecule has 0 nitrogen and oxygen atoms in total. The van der Waals surface area contributed by atoms with Crippen LogP contribution in [0.2, 0.25) is 0 Å². The summed E-state index contributed by atoms with van der Waals surface area (Å²) in [6.07, 6.45) is 95.2. The van der Waals surface area contributed by atoms with Crippen molar-refractivity contribution < 1.29 is 0 Å². The average Bonchev–Trinajstić information content (AvgIpc) is 3.37. The van der Waals surface area contributed by atoms with E-state index in [1.807, 2.05) is 0 Å². The van der Waals surface area contributed by atoms with Crippen LogP contribution in [0.5, 0.6) is 0 Å². The van der Waals surface area contributed by atoms with Gasteiger partial charge in [0.05, 0.1) is 0 Å². The van der Waals surface area contributed by atoms with Crippen molar-refractivity contribution in [2.24, 2.45) is 11.8 Å². The lowest BCUT2D eigenvalue weighted by Crippen LogP contribution is -2.02. The highest BCUT2D eigenvalue weighted by Crippen LogP contribution is 2.27. The van der Waals surface area contributed by atoms with E-state index in [0.717, 1.165) is 11.8 Å². The average molecular weight is 984 g/mol. The van der Waals surface area contributed by atoms with Crippen LogP contribution in [0.3, 0.4) is 0 Å². The Morgan fingerprint density at radius 2 is 0.257 bits per heavy atom. The molecular formula is C70H142. The predicted molar refractivity (Wildman–Crippen MR) is 325 cm³/mol. The molecule has 0 aliphatic carbocycles. The van der Waals surface area contributed by atoms with E-state index in [2.05, 4.69) is 27.7 Å². The van der Waals surface area contributed by atoms with Crippen molar-refractivity contribution in [3.05, 3.63) is 0 Å². The summed E-state index contributed by atoms with van der Waals surface area (Å²) in [5.74, 6) is 1.97. The zero-order valence-corrected chi connectivity index (χ0v) is 50.4. The van der Waals surface area contributed by atoms with Gasteiger partial charge in [-0.15, -0.1) is 0 Å². The van der Waals surface area contributed by atoms with E-state index in [9.17, 15) is 0 Å². The molecule has 2 unspecified atom stereocenters. The number of rotatable bonds is 65. The fraction of sp³-hybridized carbons (Fsp3) is 1.00. The zero-order chi connectivity index (χ0) is 50.4. The van der Waals surface area contributed by atoms with E-state index in [4.69, 9.17) is 0 Å². The van der Waals surface area contributed by atoms with Crippen LogP contribution in [-0.2, 0) is 0 Å². The Hall–Kier alpha value is 0. The molecule has 0 heteroatoms. The molecule has 0 aromatic carbocycles. The first kappa shape index (κ1) is 70.0. The lowest BCUT2D eigenvalue weighted by Gasteiger charge is -2.18. The maximum absolute atomic E-state index is 2.57. The first-order valence-corrected chi connectivity index (χ1v) is 34.7. The van der Waals surface area contributed by atoms with Gasteiger partial charge in [0.15, 0.2) is 0 Å². The summed E-state index contributed by atoms with van der Waals surface area (Å²) in [5.41, 5.74) is 0. The molecule has 0 N–H and O–H groups in total. The summed E-state index contributed by atoms with van der Waals surface area (Å²) in [6.45, 7) is 9.54. The molecule has 0 fully saturated rings. The molecule has 0 saturated carbocycles. The molecule has 0 rings (SSSR count). The molecule has 422 valence electrons. The van der Waals surface area contributed by atoms with Crippen LogP contribution in [0.1, 0.15) is 439 Å². The molecule has 0 aromatic rings. The van der Waals surface area contributed by atoms with E-state index < -0.39 is 0 Å². The molecule has 70 heavy (non-hydrogen) atoms. The van der Waals surface area contributed by atoms with Crippen molar-refractivity contribution in [2.75, 3.05) is 0 Å². The molecule has 0 spiro atoms. The van der Waals surface area contributed by atoms with Gasteiger partial charge in [-0.1, -0.05) is 439 Å². The molecule has 0 aliphatic heterocycles. The third kappa shape index (κ3) is 62.3. The third-order valence-corrected chi connectivity index (χ3v) is 17.3. The fourth-order valence-electron chi connectivity index (χ4n) is 12.1. The van der Waals surface area contributed by atoms with Crippen LogP contribution in [0.25, 0.3) is 0 Å². The van der Waals surface area contributed by atoms with Gasteiger partial charge in [0.1, 0.15) is 0 Å². The molecule has 0 saturated heterocycles. The molecular weight excluding hydrogens is 841 g/mol. The summed E-state index contributed by atoms with van der Waals surface area (Å²) in [4.78, 5) is 0. The number of unbranched alkanes of at least 4 members (excludes halogenated alkanes) is 55. The van der Waals surface area contributed by atoms with Gasteiger partial charge in [0.25, 0.3) is 0 Å². The first-order valence-electron chi connectivity index (χ1n) is 34.7. The van der Waals surface area contributed by atoms with Gasteiger partial charge in [-0.2, -0.15) is 0 Å². The van der Waals surface area contributed by atoms with E-state index >= 15 is 0 Å². The van der Waals surface area contributed by atoms with Gasteiger partial charge in [-0.25, -0.2) is 0 Å². The number of hydrogen-bond acceptors (Lipinski definition) is 0. The second kappa shape index (κ2) is 65.1. The topological polar surface area (TPSA) is 0 Å². The van der Waals surface area contributed by atoms with E-state index in [-0.39, 0.29) is 0 Å². The van der Waals surface area contributed by atoms with Gasteiger partial charge in [0.2, 0.25) is 0 Å². The van der Waals surface area contributed by atoms with Crippen molar-refractivity contribution in [2.45, 2.75) is 439 Å². The van der Waals surface area contributed by atoms with Crippen molar-refractivity contribution in [3.8, 4) is 0 Å². The van der Waals surface area contributed by atoms with Crippen LogP contribution < -0.4 is 0 Å². The quantitative estimate of drug-likeness (QED) is 0.0533. The van der Waals surface area contributed by atoms with E-state index in [1.54, 1.807) is 0 Å². The van der Waals surface area contributed by atoms with Crippen molar-refractivity contribution >= 4 is 0 Å². The number of hydrogen-bond donors (Lipinski definition) is 0. The molecule has 0 bridgehead atoms. The predicted octanol–water partition coefficient (Wildman–Crippen LogP) is 27.3. The maximum atomic E-state index is 2.57. The minimum absolute atomic E-state index is 0.948. The summed E-state index contributed by atoms with van der Waals surface area (Å²) in [6, 6.07) is 0. The molecule has 0 aliphatic rings. The van der Waals surface area contributed by atoms with Gasteiger partial charge in [0, 0.05) is 0 Å². The van der Waals surface area contributed by atoms with Gasteiger partial charge in [-0.05, 0) is 11.8 Å². The van der Waals surface area contributed by atoms with Gasteiger partial charge in [-0.3, -0.25) is 0 Å². The van der Waals surface area contributed by atoms with Crippen molar-refractivity contribution in [3.63, 3.8) is 0 Å². The largest absolute Gasteiger partial charge is 0.0654 e. The molecule has 2 atom stereocenters.